The minimum absolute atomic E-state index is 0.0782. The van der Waals surface area contributed by atoms with E-state index in [9.17, 15) is 17.8 Å². The van der Waals surface area contributed by atoms with E-state index >= 15 is 4.39 Å². The summed E-state index contributed by atoms with van der Waals surface area (Å²) in [5.41, 5.74) is -0.967. The molecule has 0 aliphatic carbocycles. The fourth-order valence-corrected chi connectivity index (χ4v) is 5.41. The van der Waals surface area contributed by atoms with Crippen molar-refractivity contribution in [1.82, 2.24) is 9.97 Å². The zero-order chi connectivity index (χ0) is 23.4. The van der Waals surface area contributed by atoms with Crippen molar-refractivity contribution in [2.24, 2.45) is 0 Å². The van der Waals surface area contributed by atoms with Crippen LogP contribution in [0.5, 0.6) is 0 Å². The summed E-state index contributed by atoms with van der Waals surface area (Å²) in [5.74, 6) is -4.71. The Morgan fingerprint density at radius 2 is 1.88 bits per heavy atom. The summed E-state index contributed by atoms with van der Waals surface area (Å²) in [5, 5.41) is 0.0782. The second-order valence-electron chi connectivity index (χ2n) is 6.72. The second-order valence-corrected chi connectivity index (χ2v) is 9.79. The number of ketones is 1. The Labute approximate surface area is 195 Å². The van der Waals surface area contributed by atoms with E-state index in [0.717, 1.165) is 15.7 Å². The van der Waals surface area contributed by atoms with Gasteiger partial charge in [0.25, 0.3) is 0 Å². The van der Waals surface area contributed by atoms with Crippen molar-refractivity contribution in [2.75, 3.05) is 15.2 Å². The predicted octanol–water partition coefficient (Wildman–Crippen LogP) is 5.87. The topological polar surface area (TPSA) is 63.2 Å². The number of rotatable bonds is 9. The average Bonchev–Trinajstić information content (AvgIpc) is 2.77. The number of anilines is 1. The van der Waals surface area contributed by atoms with Gasteiger partial charge in [0.2, 0.25) is 0 Å². The molecular formula is C21H19ClF3N3O2S2. The Hall–Kier alpha value is -2.17. The van der Waals surface area contributed by atoms with Gasteiger partial charge in [0, 0.05) is 23.1 Å². The van der Waals surface area contributed by atoms with Gasteiger partial charge >= 0.3 is 0 Å². The summed E-state index contributed by atoms with van der Waals surface area (Å²) < 4.78 is 58.3. The number of benzene rings is 2. The highest BCUT2D eigenvalue weighted by molar-refractivity contribution is 8.12. The molecule has 1 aromatic heterocycles. The van der Waals surface area contributed by atoms with E-state index in [-0.39, 0.29) is 22.0 Å². The standard InChI is InChI=1S/C21H19ClF3N3O2S2/c1-3-7-31-28(32(30)8-4-2)16-10-13(23)19(24)18(20(16)25)21(29)12-5-6-14-15(9-12)27-17(22)11-26-14/h5-6,9-11H,3-4,7-8H2,1-2H3. The number of fused-ring (bicyclic) bond motifs is 1. The first-order chi connectivity index (χ1) is 15.3. The number of carbonyl (C=O) groups excluding carboxylic acids is 1. The van der Waals surface area contributed by atoms with Crippen LogP contribution >= 0.6 is 23.5 Å². The Morgan fingerprint density at radius 3 is 2.56 bits per heavy atom. The van der Waals surface area contributed by atoms with Gasteiger partial charge in [0.05, 0.1) is 22.8 Å². The van der Waals surface area contributed by atoms with Gasteiger partial charge in [0.1, 0.15) is 21.8 Å². The molecule has 5 nitrogen and oxygen atoms in total. The summed E-state index contributed by atoms with van der Waals surface area (Å²) in [4.78, 5) is 21.1. The molecule has 0 aliphatic heterocycles. The lowest BCUT2D eigenvalue weighted by atomic mass is 10.0. The van der Waals surface area contributed by atoms with Gasteiger partial charge in [0.15, 0.2) is 23.2 Å². The van der Waals surface area contributed by atoms with Crippen molar-refractivity contribution in [3.05, 3.63) is 64.2 Å². The molecule has 0 spiro atoms. The van der Waals surface area contributed by atoms with Crippen LogP contribution in [0.3, 0.4) is 0 Å². The van der Waals surface area contributed by atoms with Crippen molar-refractivity contribution >= 4 is 57.0 Å². The van der Waals surface area contributed by atoms with Crippen LogP contribution in [-0.4, -0.2) is 31.5 Å². The van der Waals surface area contributed by atoms with E-state index in [1.807, 2.05) is 6.92 Å². The molecule has 1 atom stereocenters. The summed E-state index contributed by atoms with van der Waals surface area (Å²) in [6.45, 7) is 3.67. The van der Waals surface area contributed by atoms with Crippen molar-refractivity contribution in [3.8, 4) is 0 Å². The number of carbonyl (C=O) groups is 1. The first-order valence-electron chi connectivity index (χ1n) is 9.74. The predicted molar refractivity (Wildman–Crippen MR) is 123 cm³/mol. The highest BCUT2D eigenvalue weighted by Crippen LogP contribution is 2.34. The maximum atomic E-state index is 15.4. The van der Waals surface area contributed by atoms with E-state index in [2.05, 4.69) is 9.97 Å². The lowest BCUT2D eigenvalue weighted by molar-refractivity contribution is 0.103. The van der Waals surface area contributed by atoms with Crippen LogP contribution < -0.4 is 3.71 Å². The van der Waals surface area contributed by atoms with Gasteiger partial charge in [-0.1, -0.05) is 25.4 Å². The zero-order valence-electron chi connectivity index (χ0n) is 17.2. The summed E-state index contributed by atoms with van der Waals surface area (Å²) in [7, 11) is -1.70. The molecule has 1 heterocycles. The normalized spacial score (nSPS) is 12.2. The van der Waals surface area contributed by atoms with Gasteiger partial charge in [-0.3, -0.25) is 9.78 Å². The molecule has 0 N–H and O–H groups in total. The van der Waals surface area contributed by atoms with E-state index in [0.29, 0.717) is 30.2 Å². The number of nitrogens with zero attached hydrogens (tertiary/aromatic N) is 3. The number of hydrogen-bond donors (Lipinski definition) is 0. The molecule has 3 aromatic rings. The maximum Gasteiger partial charge on any atom is 0.199 e. The molecular weight excluding hydrogens is 483 g/mol. The molecule has 32 heavy (non-hydrogen) atoms. The summed E-state index contributed by atoms with van der Waals surface area (Å²) in [6.07, 6.45) is 2.54. The maximum absolute atomic E-state index is 15.4. The largest absolute Gasteiger partial charge is 0.288 e. The van der Waals surface area contributed by atoms with E-state index in [4.69, 9.17) is 11.6 Å². The van der Waals surface area contributed by atoms with Crippen LogP contribution in [-0.2, 0) is 11.0 Å². The third-order valence-electron chi connectivity index (χ3n) is 4.31. The molecule has 3 rings (SSSR count). The van der Waals surface area contributed by atoms with E-state index in [1.54, 1.807) is 6.92 Å². The van der Waals surface area contributed by atoms with Crippen molar-refractivity contribution in [1.29, 1.82) is 0 Å². The number of hydrogen-bond acceptors (Lipinski definition) is 5. The Morgan fingerprint density at radius 1 is 1.12 bits per heavy atom. The Balaban J connectivity index is 2.13. The quantitative estimate of drug-likeness (QED) is 0.208. The monoisotopic (exact) mass is 501 g/mol. The van der Waals surface area contributed by atoms with Crippen LogP contribution in [0.15, 0.2) is 30.5 Å². The van der Waals surface area contributed by atoms with E-state index < -0.39 is 45.5 Å². The third-order valence-corrected chi connectivity index (χ3v) is 7.66. The lowest BCUT2D eigenvalue weighted by Crippen LogP contribution is -2.24. The van der Waals surface area contributed by atoms with Gasteiger partial charge in [-0.2, -0.15) is 0 Å². The smallest absolute Gasteiger partial charge is 0.199 e. The molecule has 0 fully saturated rings. The molecule has 0 saturated carbocycles. The number of aromatic nitrogens is 2. The van der Waals surface area contributed by atoms with Crippen LogP contribution in [0, 0.1) is 17.5 Å². The van der Waals surface area contributed by atoms with Gasteiger partial charge in [-0.25, -0.2) is 26.1 Å². The van der Waals surface area contributed by atoms with Crippen LogP contribution in [0.4, 0.5) is 18.9 Å². The molecule has 0 bridgehead atoms. The number of halogens is 4. The molecule has 0 saturated heterocycles. The minimum Gasteiger partial charge on any atom is -0.288 e. The van der Waals surface area contributed by atoms with Gasteiger partial charge < -0.3 is 0 Å². The molecule has 0 amide bonds. The molecule has 0 radical (unpaired) electrons. The van der Waals surface area contributed by atoms with Gasteiger partial charge in [-0.05, 0) is 43.0 Å². The Bertz CT molecular complexity index is 1200. The zero-order valence-corrected chi connectivity index (χ0v) is 19.6. The highest BCUT2D eigenvalue weighted by Gasteiger charge is 2.29. The Kier molecular flexibility index (Phi) is 8.13. The van der Waals surface area contributed by atoms with Crippen molar-refractivity contribution in [3.63, 3.8) is 0 Å². The molecule has 2 aromatic carbocycles. The lowest BCUT2D eigenvalue weighted by Gasteiger charge is -2.23. The summed E-state index contributed by atoms with van der Waals surface area (Å²) in [6, 6.07) is 4.67. The molecule has 1 unspecified atom stereocenters. The van der Waals surface area contributed by atoms with Crippen molar-refractivity contribution < 1.29 is 22.2 Å². The molecule has 11 heteroatoms. The van der Waals surface area contributed by atoms with Crippen LogP contribution in [0.2, 0.25) is 5.15 Å². The van der Waals surface area contributed by atoms with Crippen LogP contribution in [0.1, 0.15) is 42.6 Å². The second kappa shape index (κ2) is 10.6. The summed E-state index contributed by atoms with van der Waals surface area (Å²) >= 11 is 6.86. The first kappa shape index (κ1) is 24.5. The van der Waals surface area contributed by atoms with Crippen LogP contribution in [0.25, 0.3) is 11.0 Å². The average molecular weight is 502 g/mol. The third kappa shape index (κ3) is 5.07. The first-order valence-corrected chi connectivity index (χ1v) is 12.3. The van der Waals surface area contributed by atoms with E-state index in [1.165, 1.54) is 24.4 Å². The molecule has 170 valence electrons. The highest BCUT2D eigenvalue weighted by atomic mass is 35.5. The fourth-order valence-electron chi connectivity index (χ4n) is 2.87. The fraction of sp³-hybridized carbons (Fsp3) is 0.286. The van der Waals surface area contributed by atoms with Crippen molar-refractivity contribution in [2.45, 2.75) is 26.7 Å². The molecule has 0 aliphatic rings. The minimum atomic E-state index is -1.70. The van der Waals surface area contributed by atoms with Gasteiger partial charge in [-0.15, -0.1) is 0 Å². The SMILES string of the molecule is CCCSN(c1cc(F)c(F)c(C(=O)c2ccc3ncc(Cl)nc3c2)c1F)S(=O)CCC.